The van der Waals surface area contributed by atoms with Crippen LogP contribution in [0.15, 0.2) is 77.7 Å². The maximum Gasteiger partial charge on any atom is 0.338 e. The van der Waals surface area contributed by atoms with Gasteiger partial charge in [0.1, 0.15) is 12.3 Å². The van der Waals surface area contributed by atoms with Crippen LogP contribution in [0.1, 0.15) is 24.2 Å². The second-order valence-corrected chi connectivity index (χ2v) is 9.46. The Morgan fingerprint density at radius 3 is 2.29 bits per heavy atom. The molecular formula is C25H25ClN2O6S. The summed E-state index contributed by atoms with van der Waals surface area (Å²) in [5, 5.41) is 2.72. The fraction of sp³-hybridized carbons (Fsp3) is 0.200. The molecule has 0 aliphatic rings. The lowest BCUT2D eigenvalue weighted by atomic mass is 10.2. The Bertz CT molecular complexity index is 1300. The summed E-state index contributed by atoms with van der Waals surface area (Å²) in [4.78, 5) is 24.9. The first-order valence-corrected chi connectivity index (χ1v) is 12.7. The van der Waals surface area contributed by atoms with Crippen LogP contribution in [0, 0.1) is 0 Å². The van der Waals surface area contributed by atoms with Crippen molar-refractivity contribution < 1.29 is 27.5 Å². The van der Waals surface area contributed by atoms with Gasteiger partial charge in [-0.2, -0.15) is 0 Å². The van der Waals surface area contributed by atoms with Gasteiger partial charge in [-0.3, -0.25) is 9.10 Å². The second-order valence-electron chi connectivity index (χ2n) is 7.19. The number of benzene rings is 3. The second kappa shape index (κ2) is 11.7. The number of amides is 1. The molecule has 10 heteroatoms. The van der Waals surface area contributed by atoms with Crippen LogP contribution in [-0.4, -0.2) is 40.1 Å². The third-order valence-electron chi connectivity index (χ3n) is 4.81. The molecule has 3 aromatic carbocycles. The van der Waals surface area contributed by atoms with Gasteiger partial charge >= 0.3 is 5.97 Å². The Kier molecular flexibility index (Phi) is 8.73. The van der Waals surface area contributed by atoms with Crippen molar-refractivity contribution in [2.45, 2.75) is 18.7 Å². The first-order valence-electron chi connectivity index (χ1n) is 10.8. The number of esters is 1. The smallest absolute Gasteiger partial charge is 0.338 e. The molecular weight excluding hydrogens is 492 g/mol. The number of halogens is 1. The van der Waals surface area contributed by atoms with Gasteiger partial charge in [0, 0.05) is 0 Å². The largest absolute Gasteiger partial charge is 0.492 e. The predicted molar refractivity (Wildman–Crippen MR) is 135 cm³/mol. The Balaban J connectivity index is 1.93. The standard InChI is InChI=1S/C25H25ClN2O6S/c1-3-33-23-13-9-8-12-22(23)28(35(31,32)19-10-6-5-7-11-19)17-24(29)27-21-15-14-18(16-20(21)26)25(30)34-4-2/h5-16H,3-4,17H2,1-2H3,(H,27,29). The molecule has 184 valence electrons. The summed E-state index contributed by atoms with van der Waals surface area (Å²) in [5.74, 6) is -0.861. The summed E-state index contributed by atoms with van der Waals surface area (Å²) in [7, 11) is -4.12. The van der Waals surface area contributed by atoms with E-state index >= 15 is 0 Å². The molecule has 1 N–H and O–H groups in total. The summed E-state index contributed by atoms with van der Waals surface area (Å²) in [5.41, 5.74) is 0.672. The first kappa shape index (κ1) is 26.1. The van der Waals surface area contributed by atoms with Gasteiger partial charge in [-0.15, -0.1) is 0 Å². The Hall–Kier alpha value is -3.56. The van der Waals surface area contributed by atoms with E-state index in [1.807, 2.05) is 0 Å². The van der Waals surface area contributed by atoms with Crippen molar-refractivity contribution in [1.82, 2.24) is 0 Å². The molecule has 0 aromatic heterocycles. The summed E-state index contributed by atoms with van der Waals surface area (Å²) in [6.45, 7) is 3.44. The van der Waals surface area contributed by atoms with Crippen LogP contribution in [0.2, 0.25) is 5.02 Å². The number of anilines is 2. The van der Waals surface area contributed by atoms with Crippen LogP contribution < -0.4 is 14.4 Å². The summed E-state index contributed by atoms with van der Waals surface area (Å²) in [6.07, 6.45) is 0. The molecule has 3 rings (SSSR count). The number of hydrogen-bond donors (Lipinski definition) is 1. The van der Waals surface area contributed by atoms with Gasteiger partial charge in [-0.1, -0.05) is 41.9 Å². The molecule has 0 saturated heterocycles. The molecule has 0 fully saturated rings. The third kappa shape index (κ3) is 6.32. The van der Waals surface area contributed by atoms with E-state index in [1.165, 1.54) is 30.3 Å². The van der Waals surface area contributed by atoms with Crippen molar-refractivity contribution in [2.75, 3.05) is 29.4 Å². The topological polar surface area (TPSA) is 102 Å². The number of ether oxygens (including phenoxy) is 2. The Labute approximate surface area is 209 Å². The van der Waals surface area contributed by atoms with Gasteiger partial charge in [0.15, 0.2) is 0 Å². The minimum atomic E-state index is -4.12. The number of rotatable bonds is 10. The highest BCUT2D eigenvalue weighted by atomic mass is 35.5. The molecule has 0 saturated carbocycles. The van der Waals surface area contributed by atoms with Crippen molar-refractivity contribution >= 4 is 44.9 Å². The molecule has 35 heavy (non-hydrogen) atoms. The van der Waals surface area contributed by atoms with E-state index in [9.17, 15) is 18.0 Å². The molecule has 0 unspecified atom stereocenters. The van der Waals surface area contributed by atoms with E-state index in [0.717, 1.165) is 4.31 Å². The number of sulfonamides is 1. The quantitative estimate of drug-likeness (QED) is 0.390. The highest BCUT2D eigenvalue weighted by molar-refractivity contribution is 7.92. The number of hydrogen-bond acceptors (Lipinski definition) is 6. The van der Waals surface area contributed by atoms with E-state index in [0.29, 0.717) is 12.4 Å². The molecule has 1 amide bonds. The summed E-state index contributed by atoms with van der Waals surface area (Å²) < 4.78 is 38.6. The number of nitrogens with zero attached hydrogens (tertiary/aromatic N) is 1. The maximum absolute atomic E-state index is 13.5. The van der Waals surface area contributed by atoms with Gasteiger partial charge in [0.25, 0.3) is 10.0 Å². The normalized spacial score (nSPS) is 10.9. The molecule has 0 bridgehead atoms. The van der Waals surface area contributed by atoms with E-state index < -0.39 is 28.4 Å². The number of carbonyl (C=O) groups excluding carboxylic acids is 2. The number of nitrogens with one attached hydrogen (secondary N) is 1. The van der Waals surface area contributed by atoms with Gasteiger partial charge < -0.3 is 14.8 Å². The van der Waals surface area contributed by atoms with Gasteiger partial charge in [0.2, 0.25) is 5.91 Å². The van der Waals surface area contributed by atoms with Crippen molar-refractivity contribution in [1.29, 1.82) is 0 Å². The number of para-hydroxylation sites is 2. The lowest BCUT2D eigenvalue weighted by Gasteiger charge is -2.26. The lowest BCUT2D eigenvalue weighted by Crippen LogP contribution is -2.38. The average molecular weight is 517 g/mol. The first-order chi connectivity index (χ1) is 16.8. The minimum Gasteiger partial charge on any atom is -0.492 e. The predicted octanol–water partition coefficient (Wildman–Crippen LogP) is 4.75. The van der Waals surface area contributed by atoms with Crippen LogP contribution in [-0.2, 0) is 19.6 Å². The zero-order chi connectivity index (χ0) is 25.4. The zero-order valence-corrected chi connectivity index (χ0v) is 20.8. The fourth-order valence-electron chi connectivity index (χ4n) is 3.24. The molecule has 0 heterocycles. The summed E-state index contributed by atoms with van der Waals surface area (Å²) >= 11 is 6.25. The van der Waals surface area contributed by atoms with Crippen LogP contribution in [0.5, 0.6) is 5.75 Å². The lowest BCUT2D eigenvalue weighted by molar-refractivity contribution is -0.114. The van der Waals surface area contributed by atoms with E-state index in [1.54, 1.807) is 56.3 Å². The zero-order valence-electron chi connectivity index (χ0n) is 19.2. The SMILES string of the molecule is CCOC(=O)c1ccc(NC(=O)CN(c2ccccc2OCC)S(=O)(=O)c2ccccc2)c(Cl)c1. The summed E-state index contributed by atoms with van der Waals surface area (Å²) in [6, 6.07) is 18.7. The molecule has 0 spiro atoms. The highest BCUT2D eigenvalue weighted by Gasteiger charge is 2.29. The van der Waals surface area contributed by atoms with Crippen molar-refractivity contribution in [3.05, 3.63) is 83.4 Å². The van der Waals surface area contributed by atoms with Crippen LogP contribution in [0.4, 0.5) is 11.4 Å². The van der Waals surface area contributed by atoms with Crippen LogP contribution >= 0.6 is 11.6 Å². The van der Waals surface area contributed by atoms with Crippen LogP contribution in [0.3, 0.4) is 0 Å². The molecule has 8 nitrogen and oxygen atoms in total. The van der Waals surface area contributed by atoms with Crippen LogP contribution in [0.25, 0.3) is 0 Å². The van der Waals surface area contributed by atoms with E-state index in [4.69, 9.17) is 21.1 Å². The van der Waals surface area contributed by atoms with Crippen molar-refractivity contribution in [2.24, 2.45) is 0 Å². The minimum absolute atomic E-state index is 0.0240. The molecule has 0 aliphatic heterocycles. The molecule has 0 aliphatic carbocycles. The Morgan fingerprint density at radius 2 is 1.63 bits per heavy atom. The maximum atomic E-state index is 13.5. The Morgan fingerprint density at radius 1 is 0.943 bits per heavy atom. The monoisotopic (exact) mass is 516 g/mol. The molecule has 3 aromatic rings. The molecule has 0 radical (unpaired) electrons. The van der Waals surface area contributed by atoms with Crippen molar-refractivity contribution in [3.8, 4) is 5.75 Å². The van der Waals surface area contributed by atoms with E-state index in [-0.39, 0.29) is 33.5 Å². The fourth-order valence-corrected chi connectivity index (χ4v) is 4.92. The third-order valence-corrected chi connectivity index (χ3v) is 6.89. The average Bonchev–Trinajstić information content (AvgIpc) is 2.85. The van der Waals surface area contributed by atoms with Crippen molar-refractivity contribution in [3.63, 3.8) is 0 Å². The van der Waals surface area contributed by atoms with E-state index in [2.05, 4.69) is 5.32 Å². The van der Waals surface area contributed by atoms with Gasteiger partial charge in [-0.25, -0.2) is 13.2 Å². The van der Waals surface area contributed by atoms with Gasteiger partial charge in [-0.05, 0) is 56.3 Å². The molecule has 0 atom stereocenters. The highest BCUT2D eigenvalue weighted by Crippen LogP contribution is 2.33. The number of carbonyl (C=O) groups is 2. The van der Waals surface area contributed by atoms with Gasteiger partial charge in [0.05, 0.1) is 40.1 Å².